The van der Waals surface area contributed by atoms with Gasteiger partial charge in [0.05, 0.1) is 19.8 Å². The Hall–Kier alpha value is -0.610. The molecule has 0 radical (unpaired) electrons. The van der Waals surface area contributed by atoms with Crippen molar-refractivity contribution in [2.75, 3.05) is 39.4 Å². The second kappa shape index (κ2) is 6.02. The lowest BCUT2D eigenvalue weighted by molar-refractivity contribution is -0.137. The fourth-order valence-corrected chi connectivity index (χ4v) is 2.50. The smallest absolute Gasteiger partial charge is 0.236 e. The molecule has 0 N–H and O–H groups in total. The van der Waals surface area contributed by atoms with Gasteiger partial charge in [-0.3, -0.25) is 9.69 Å². The van der Waals surface area contributed by atoms with E-state index in [9.17, 15) is 4.79 Å². The van der Waals surface area contributed by atoms with Crippen LogP contribution in [0.4, 0.5) is 0 Å². The first-order valence-electron chi connectivity index (χ1n) is 7.17. The summed E-state index contributed by atoms with van der Waals surface area (Å²) in [6, 6.07) is 0.447. The summed E-state index contributed by atoms with van der Waals surface area (Å²) in [6.07, 6.45) is 1.33. The maximum Gasteiger partial charge on any atom is 0.236 e. The van der Waals surface area contributed by atoms with E-state index >= 15 is 0 Å². The van der Waals surface area contributed by atoms with E-state index in [-0.39, 0.29) is 5.91 Å². The zero-order chi connectivity index (χ0) is 13.1. The monoisotopic (exact) mass is 254 g/mol. The van der Waals surface area contributed by atoms with Crippen LogP contribution in [0, 0.1) is 11.8 Å². The van der Waals surface area contributed by atoms with Crippen molar-refractivity contribution in [3.05, 3.63) is 0 Å². The normalized spacial score (nSPS) is 27.9. The van der Waals surface area contributed by atoms with E-state index in [1.807, 2.05) is 4.90 Å². The highest BCUT2D eigenvalue weighted by atomic mass is 16.5. The maximum absolute atomic E-state index is 12.2. The summed E-state index contributed by atoms with van der Waals surface area (Å²) in [4.78, 5) is 16.5. The largest absolute Gasteiger partial charge is 0.378 e. The van der Waals surface area contributed by atoms with Gasteiger partial charge in [0.15, 0.2) is 0 Å². The molecule has 1 heterocycles. The van der Waals surface area contributed by atoms with Crippen LogP contribution >= 0.6 is 0 Å². The van der Waals surface area contributed by atoms with Crippen molar-refractivity contribution in [3.8, 4) is 0 Å². The van der Waals surface area contributed by atoms with E-state index in [0.717, 1.165) is 31.5 Å². The third kappa shape index (κ3) is 3.69. The number of amides is 1. The summed E-state index contributed by atoms with van der Waals surface area (Å²) in [5.74, 6) is 1.93. The third-order valence-electron chi connectivity index (χ3n) is 4.18. The minimum Gasteiger partial charge on any atom is -0.378 e. The maximum atomic E-state index is 12.2. The van der Waals surface area contributed by atoms with E-state index in [4.69, 9.17) is 4.74 Å². The number of carbonyl (C=O) groups excluding carboxylic acids is 1. The first-order valence-corrected chi connectivity index (χ1v) is 7.17. The summed E-state index contributed by atoms with van der Waals surface area (Å²) in [5.41, 5.74) is 0. The highest BCUT2D eigenvalue weighted by Crippen LogP contribution is 2.38. The predicted molar refractivity (Wildman–Crippen MR) is 71.4 cm³/mol. The van der Waals surface area contributed by atoms with E-state index in [2.05, 4.69) is 25.7 Å². The van der Waals surface area contributed by atoms with E-state index in [1.165, 1.54) is 6.42 Å². The van der Waals surface area contributed by atoms with E-state index in [1.54, 1.807) is 0 Å². The summed E-state index contributed by atoms with van der Waals surface area (Å²) >= 11 is 0. The van der Waals surface area contributed by atoms with Gasteiger partial charge in [-0.2, -0.15) is 0 Å². The van der Waals surface area contributed by atoms with Crippen LogP contribution in [0.25, 0.3) is 0 Å². The van der Waals surface area contributed by atoms with Gasteiger partial charge in [-0.05, 0) is 32.1 Å². The molecule has 2 rings (SSSR count). The summed E-state index contributed by atoms with van der Waals surface area (Å²) < 4.78 is 5.28. The van der Waals surface area contributed by atoms with Gasteiger partial charge in [-0.15, -0.1) is 0 Å². The second-order valence-corrected chi connectivity index (χ2v) is 5.99. The summed E-state index contributed by atoms with van der Waals surface area (Å²) in [7, 11) is 0. The molecule has 1 aliphatic heterocycles. The van der Waals surface area contributed by atoms with Crippen LogP contribution in [0.3, 0.4) is 0 Å². The van der Waals surface area contributed by atoms with Crippen molar-refractivity contribution in [2.45, 2.75) is 33.2 Å². The lowest BCUT2D eigenvalue weighted by Crippen LogP contribution is -2.47. The fraction of sp³-hybridized carbons (Fsp3) is 0.929. The molecule has 2 atom stereocenters. The Morgan fingerprint density at radius 3 is 2.50 bits per heavy atom. The van der Waals surface area contributed by atoms with Gasteiger partial charge in [-0.25, -0.2) is 0 Å². The average Bonchev–Trinajstić information content (AvgIpc) is 3.05. The van der Waals surface area contributed by atoms with E-state index < -0.39 is 0 Å². The fourth-order valence-electron chi connectivity index (χ4n) is 2.50. The number of nitrogens with zero attached hydrogens (tertiary/aromatic N) is 2. The van der Waals surface area contributed by atoms with Crippen molar-refractivity contribution in [3.63, 3.8) is 0 Å². The van der Waals surface area contributed by atoms with Crippen molar-refractivity contribution in [2.24, 2.45) is 11.8 Å². The first kappa shape index (κ1) is 13.8. The van der Waals surface area contributed by atoms with Crippen molar-refractivity contribution >= 4 is 5.91 Å². The molecule has 2 aliphatic rings. The van der Waals surface area contributed by atoms with E-state index in [0.29, 0.717) is 25.8 Å². The summed E-state index contributed by atoms with van der Waals surface area (Å²) in [5, 5.41) is 0. The molecule has 0 aromatic rings. The Morgan fingerprint density at radius 2 is 2.00 bits per heavy atom. The lowest BCUT2D eigenvalue weighted by atomic mass is 10.2. The molecule has 18 heavy (non-hydrogen) atoms. The van der Waals surface area contributed by atoms with Gasteiger partial charge >= 0.3 is 0 Å². The highest BCUT2D eigenvalue weighted by molar-refractivity contribution is 5.78. The number of hydrogen-bond donors (Lipinski definition) is 0. The number of carbonyl (C=O) groups is 1. The zero-order valence-corrected chi connectivity index (χ0v) is 11.9. The Bertz CT molecular complexity index is 288. The molecule has 0 aromatic heterocycles. The predicted octanol–water partition coefficient (Wildman–Crippen LogP) is 1.21. The molecule has 4 nitrogen and oxygen atoms in total. The molecular weight excluding hydrogens is 228 g/mol. The molecule has 0 bridgehead atoms. The van der Waals surface area contributed by atoms with Crippen molar-refractivity contribution in [1.29, 1.82) is 0 Å². The van der Waals surface area contributed by atoms with Crippen LogP contribution in [0.1, 0.15) is 27.2 Å². The number of morpholine rings is 1. The molecule has 1 saturated carbocycles. The minimum absolute atomic E-state index is 0.264. The molecule has 1 aliphatic carbocycles. The van der Waals surface area contributed by atoms with Crippen LogP contribution in [0.5, 0.6) is 0 Å². The third-order valence-corrected chi connectivity index (χ3v) is 4.18. The molecule has 4 heteroatoms. The van der Waals surface area contributed by atoms with Gasteiger partial charge in [0.25, 0.3) is 0 Å². The standard InChI is InChI=1S/C14H26N2O2/c1-11(2)16(9-13-8-12(13)3)10-14(17)15-4-6-18-7-5-15/h11-13H,4-10H2,1-3H3. The molecule has 2 unspecified atom stereocenters. The van der Waals surface area contributed by atoms with Gasteiger partial charge in [0.2, 0.25) is 5.91 Å². The number of ether oxygens (including phenoxy) is 1. The number of hydrogen-bond acceptors (Lipinski definition) is 3. The first-order chi connectivity index (χ1) is 8.58. The summed E-state index contributed by atoms with van der Waals surface area (Å²) in [6.45, 7) is 11.2. The molecule has 2 fully saturated rings. The Labute approximate surface area is 110 Å². The Morgan fingerprint density at radius 1 is 1.39 bits per heavy atom. The van der Waals surface area contributed by atoms with Crippen molar-refractivity contribution in [1.82, 2.24) is 9.80 Å². The molecule has 0 spiro atoms. The minimum atomic E-state index is 0.264. The lowest BCUT2D eigenvalue weighted by Gasteiger charge is -2.31. The molecule has 0 aromatic carbocycles. The van der Waals surface area contributed by atoms with Gasteiger partial charge < -0.3 is 9.64 Å². The van der Waals surface area contributed by atoms with Crippen molar-refractivity contribution < 1.29 is 9.53 Å². The Kier molecular flexibility index (Phi) is 4.62. The van der Waals surface area contributed by atoms with Crippen LogP contribution in [0.15, 0.2) is 0 Å². The van der Waals surface area contributed by atoms with Crippen LogP contribution < -0.4 is 0 Å². The number of rotatable bonds is 5. The SMILES string of the molecule is CC1CC1CN(CC(=O)N1CCOCC1)C(C)C. The molecule has 1 saturated heterocycles. The topological polar surface area (TPSA) is 32.8 Å². The molecular formula is C14H26N2O2. The van der Waals surface area contributed by atoms with Crippen LogP contribution in [0.2, 0.25) is 0 Å². The Balaban J connectivity index is 1.81. The van der Waals surface area contributed by atoms with Gasteiger partial charge in [-0.1, -0.05) is 6.92 Å². The van der Waals surface area contributed by atoms with Crippen LogP contribution in [-0.4, -0.2) is 61.1 Å². The van der Waals surface area contributed by atoms with Gasteiger partial charge in [0.1, 0.15) is 0 Å². The molecule has 1 amide bonds. The quantitative estimate of drug-likeness (QED) is 0.739. The average molecular weight is 254 g/mol. The zero-order valence-electron chi connectivity index (χ0n) is 11.9. The van der Waals surface area contributed by atoms with Crippen LogP contribution in [-0.2, 0) is 9.53 Å². The molecule has 104 valence electrons. The second-order valence-electron chi connectivity index (χ2n) is 5.99. The van der Waals surface area contributed by atoms with Gasteiger partial charge in [0, 0.05) is 25.7 Å². The highest BCUT2D eigenvalue weighted by Gasteiger charge is 2.35.